The summed E-state index contributed by atoms with van der Waals surface area (Å²) in [5.74, 6) is -0.929. The van der Waals surface area contributed by atoms with Crippen LogP contribution in [0.4, 0.5) is 5.69 Å². The lowest BCUT2D eigenvalue weighted by Crippen LogP contribution is -2.34. The Morgan fingerprint density at radius 2 is 1.55 bits per heavy atom. The van der Waals surface area contributed by atoms with Gasteiger partial charge in [0.2, 0.25) is 0 Å². The topological polar surface area (TPSA) is 87.7 Å². The van der Waals surface area contributed by atoms with Crippen molar-refractivity contribution >= 4 is 40.8 Å². The molecule has 0 radical (unpaired) electrons. The van der Waals surface area contributed by atoms with Crippen LogP contribution < -0.4 is 10.6 Å². The van der Waals surface area contributed by atoms with Gasteiger partial charge in [-0.3, -0.25) is 14.9 Å². The van der Waals surface area contributed by atoms with Gasteiger partial charge in [0.05, 0.1) is 12.7 Å². The lowest BCUT2D eigenvalue weighted by molar-refractivity contribution is 0.0600. The van der Waals surface area contributed by atoms with E-state index in [-0.39, 0.29) is 11.0 Å². The number of amides is 2. The van der Waals surface area contributed by atoms with Crippen molar-refractivity contribution in [1.29, 1.82) is 0 Å². The van der Waals surface area contributed by atoms with E-state index in [1.807, 2.05) is 18.7 Å². The van der Waals surface area contributed by atoms with Crippen molar-refractivity contribution in [2.45, 2.75) is 26.7 Å². The number of hydrogen-bond acceptors (Lipinski definition) is 5. The van der Waals surface area contributed by atoms with Crippen molar-refractivity contribution < 1.29 is 19.1 Å². The Bertz CT molecular complexity index is 938. The van der Waals surface area contributed by atoms with Crippen LogP contribution in [-0.4, -0.2) is 48.0 Å². The average molecular weight is 442 g/mol. The van der Waals surface area contributed by atoms with Crippen LogP contribution in [-0.2, 0) is 4.74 Å². The number of nitrogens with one attached hydrogen (secondary N) is 2. The highest BCUT2D eigenvalue weighted by molar-refractivity contribution is 7.80. The minimum absolute atomic E-state index is 0.0343. The van der Waals surface area contributed by atoms with Crippen LogP contribution in [0.2, 0.25) is 0 Å². The molecule has 0 unspecified atom stereocenters. The van der Waals surface area contributed by atoms with Crippen molar-refractivity contribution in [3.05, 3.63) is 65.2 Å². The minimum Gasteiger partial charge on any atom is -0.465 e. The van der Waals surface area contributed by atoms with E-state index in [1.165, 1.54) is 31.4 Å². The van der Waals surface area contributed by atoms with Crippen molar-refractivity contribution in [2.24, 2.45) is 0 Å². The van der Waals surface area contributed by atoms with Gasteiger partial charge in [-0.15, -0.1) is 0 Å². The normalized spacial score (nSPS) is 10.2. The van der Waals surface area contributed by atoms with Crippen LogP contribution in [0.5, 0.6) is 0 Å². The molecule has 0 bridgehead atoms. The number of carbonyl (C=O) groups is 3. The molecule has 0 aliphatic heterocycles. The molecular weight excluding hydrogens is 414 g/mol. The molecule has 2 N–H and O–H groups in total. The number of ether oxygens (including phenoxy) is 1. The molecule has 31 heavy (non-hydrogen) atoms. The fraction of sp³-hybridized carbons (Fsp3) is 0.304. The molecule has 0 saturated carbocycles. The third kappa shape index (κ3) is 6.89. The zero-order chi connectivity index (χ0) is 22.8. The second-order valence-corrected chi connectivity index (χ2v) is 7.26. The molecule has 0 aliphatic rings. The summed E-state index contributed by atoms with van der Waals surface area (Å²) in [6, 6.07) is 13.0. The summed E-state index contributed by atoms with van der Waals surface area (Å²) in [4.78, 5) is 38.5. The maximum absolute atomic E-state index is 12.8. The highest BCUT2D eigenvalue weighted by atomic mass is 32.1. The van der Waals surface area contributed by atoms with Gasteiger partial charge in [-0.1, -0.05) is 19.9 Å². The first-order valence-electron chi connectivity index (χ1n) is 10.1. The lowest BCUT2D eigenvalue weighted by Gasteiger charge is -2.21. The number of rotatable bonds is 8. The summed E-state index contributed by atoms with van der Waals surface area (Å²) in [5, 5.41) is 5.63. The summed E-state index contributed by atoms with van der Waals surface area (Å²) >= 11 is 5.23. The number of carbonyl (C=O) groups excluding carboxylic acids is 3. The fourth-order valence-electron chi connectivity index (χ4n) is 2.98. The molecule has 2 aromatic carbocycles. The molecule has 0 aromatic heterocycles. The Morgan fingerprint density at radius 3 is 2.13 bits per heavy atom. The van der Waals surface area contributed by atoms with Crippen molar-refractivity contribution in [3.8, 4) is 0 Å². The summed E-state index contributed by atoms with van der Waals surface area (Å²) in [6.45, 7) is 5.48. The highest BCUT2D eigenvalue weighted by Gasteiger charge is 2.15. The number of anilines is 1. The van der Waals surface area contributed by atoms with Crippen LogP contribution in [0.1, 0.15) is 57.8 Å². The van der Waals surface area contributed by atoms with E-state index in [4.69, 9.17) is 12.2 Å². The van der Waals surface area contributed by atoms with E-state index in [1.54, 1.807) is 24.3 Å². The molecule has 0 saturated heterocycles. The zero-order valence-corrected chi connectivity index (χ0v) is 18.8. The van der Waals surface area contributed by atoms with E-state index >= 15 is 0 Å². The van der Waals surface area contributed by atoms with Gasteiger partial charge in [-0.05, 0) is 67.5 Å². The largest absolute Gasteiger partial charge is 0.465 e. The van der Waals surface area contributed by atoms with E-state index in [0.717, 1.165) is 12.8 Å². The first-order valence-corrected chi connectivity index (χ1v) is 10.5. The van der Waals surface area contributed by atoms with E-state index in [9.17, 15) is 14.4 Å². The average Bonchev–Trinajstić information content (AvgIpc) is 2.78. The predicted molar refractivity (Wildman–Crippen MR) is 124 cm³/mol. The molecule has 7 nitrogen and oxygen atoms in total. The van der Waals surface area contributed by atoms with Crippen LogP contribution >= 0.6 is 12.2 Å². The number of hydrogen-bond donors (Lipinski definition) is 2. The quantitative estimate of drug-likeness (QED) is 0.478. The second-order valence-electron chi connectivity index (χ2n) is 6.85. The maximum Gasteiger partial charge on any atom is 0.337 e. The van der Waals surface area contributed by atoms with Crippen LogP contribution in [0.25, 0.3) is 0 Å². The maximum atomic E-state index is 12.8. The summed E-state index contributed by atoms with van der Waals surface area (Å²) in [5.41, 5.74) is 1.85. The number of thiocarbonyl (C=S) groups is 1. The van der Waals surface area contributed by atoms with Crippen LogP contribution in [0.15, 0.2) is 48.5 Å². The van der Waals surface area contributed by atoms with Crippen molar-refractivity contribution in [3.63, 3.8) is 0 Å². The van der Waals surface area contributed by atoms with Gasteiger partial charge in [0.1, 0.15) is 0 Å². The number of benzene rings is 2. The lowest BCUT2D eigenvalue weighted by atomic mass is 10.1. The molecule has 0 aliphatic carbocycles. The van der Waals surface area contributed by atoms with Gasteiger partial charge >= 0.3 is 5.97 Å². The third-order valence-electron chi connectivity index (χ3n) is 4.44. The first kappa shape index (κ1) is 24.0. The molecular formula is C23H27N3O4S. The second kappa shape index (κ2) is 11.8. The third-order valence-corrected chi connectivity index (χ3v) is 4.64. The first-order chi connectivity index (χ1) is 14.9. The van der Waals surface area contributed by atoms with Gasteiger partial charge in [0.25, 0.3) is 11.8 Å². The van der Waals surface area contributed by atoms with E-state index in [0.29, 0.717) is 35.5 Å². The molecule has 2 amide bonds. The van der Waals surface area contributed by atoms with Crippen LogP contribution in [0, 0.1) is 0 Å². The van der Waals surface area contributed by atoms with E-state index in [2.05, 4.69) is 15.4 Å². The minimum atomic E-state index is -0.477. The highest BCUT2D eigenvalue weighted by Crippen LogP contribution is 2.14. The number of methoxy groups -OCH3 is 1. The summed E-state index contributed by atoms with van der Waals surface area (Å²) in [6.07, 6.45) is 1.78. The predicted octanol–water partition coefficient (Wildman–Crippen LogP) is 3.86. The van der Waals surface area contributed by atoms with Gasteiger partial charge in [-0.25, -0.2) is 4.79 Å². The molecule has 164 valence electrons. The zero-order valence-electron chi connectivity index (χ0n) is 17.9. The smallest absolute Gasteiger partial charge is 0.337 e. The molecule has 0 fully saturated rings. The van der Waals surface area contributed by atoms with Gasteiger partial charge in [0.15, 0.2) is 5.11 Å². The number of esters is 1. The summed E-state index contributed by atoms with van der Waals surface area (Å²) in [7, 11) is 1.29. The molecule has 0 atom stereocenters. The van der Waals surface area contributed by atoms with Gasteiger partial charge in [-0.2, -0.15) is 0 Å². The fourth-order valence-corrected chi connectivity index (χ4v) is 3.19. The van der Waals surface area contributed by atoms with E-state index < -0.39 is 11.9 Å². The molecule has 0 spiro atoms. The van der Waals surface area contributed by atoms with Crippen molar-refractivity contribution in [2.75, 3.05) is 25.5 Å². The Kier molecular flexibility index (Phi) is 9.14. The number of nitrogens with zero attached hydrogens (tertiary/aromatic N) is 1. The SMILES string of the molecule is CCCN(CCC)C(=O)c1cccc(NC(=S)NC(=O)c2ccc(C(=O)OC)cc2)c1. The summed E-state index contributed by atoms with van der Waals surface area (Å²) < 4.78 is 4.64. The Hall–Kier alpha value is -3.26. The monoisotopic (exact) mass is 441 g/mol. The molecule has 2 aromatic rings. The molecule has 0 heterocycles. The molecule has 2 rings (SSSR count). The Labute approximate surface area is 187 Å². The van der Waals surface area contributed by atoms with Crippen LogP contribution in [0.3, 0.4) is 0 Å². The standard InChI is InChI=1S/C23H27N3O4S/c1-4-13-26(14-5-2)21(28)18-7-6-8-19(15-18)24-23(31)25-20(27)16-9-11-17(12-10-16)22(29)30-3/h6-12,15H,4-5,13-14H2,1-3H3,(H2,24,25,27,31). The van der Waals surface area contributed by atoms with Gasteiger partial charge < -0.3 is 15.0 Å². The van der Waals surface area contributed by atoms with Gasteiger partial charge in [0, 0.05) is 29.9 Å². The molecule has 8 heteroatoms. The Morgan fingerprint density at radius 1 is 0.935 bits per heavy atom. The Balaban J connectivity index is 2.02. The van der Waals surface area contributed by atoms with Crippen molar-refractivity contribution in [1.82, 2.24) is 10.2 Å².